The van der Waals surface area contributed by atoms with Crippen molar-refractivity contribution in [2.24, 2.45) is 5.10 Å². The third-order valence-corrected chi connectivity index (χ3v) is 5.25. The lowest BCUT2D eigenvalue weighted by atomic mass is 10.2. The highest BCUT2D eigenvalue weighted by atomic mass is 32.2. The van der Waals surface area contributed by atoms with Gasteiger partial charge in [-0.15, -0.1) is 9.82 Å². The van der Waals surface area contributed by atoms with Crippen molar-refractivity contribution < 1.29 is 14.1 Å². The van der Waals surface area contributed by atoms with Crippen LogP contribution in [0.3, 0.4) is 0 Å². The number of fused-ring (bicyclic) bond motifs is 1. The zero-order chi connectivity index (χ0) is 22.3. The van der Waals surface area contributed by atoms with E-state index in [0.717, 1.165) is 4.41 Å². The normalized spacial score (nSPS) is 16.2. The number of benzene rings is 1. The van der Waals surface area contributed by atoms with Crippen LogP contribution in [0.1, 0.15) is 19.9 Å². The Labute approximate surface area is 178 Å². The number of nitrogens with zero attached hydrogens (tertiary/aromatic N) is 7. The Morgan fingerprint density at radius 3 is 2.61 bits per heavy atom. The molecule has 0 bridgehead atoms. The number of imidazole rings is 1. The van der Waals surface area contributed by atoms with Gasteiger partial charge in [0.2, 0.25) is 17.3 Å². The van der Waals surface area contributed by atoms with Gasteiger partial charge in [-0.25, -0.2) is 9.97 Å². The molecule has 0 saturated carbocycles. The Morgan fingerprint density at radius 2 is 1.97 bits per heavy atom. The minimum Gasteiger partial charge on any atom is -0.567 e. The minimum absolute atomic E-state index is 0.0904. The number of carbonyl (C=O) groups is 1. The molecule has 1 atom stereocenters. The van der Waals surface area contributed by atoms with Crippen LogP contribution >= 0.6 is 0 Å². The van der Waals surface area contributed by atoms with E-state index in [0.29, 0.717) is 11.2 Å². The summed E-state index contributed by atoms with van der Waals surface area (Å²) in [6, 6.07) is 4.54. The third kappa shape index (κ3) is 3.52. The van der Waals surface area contributed by atoms with Crippen LogP contribution in [0.2, 0.25) is 0 Å². The van der Waals surface area contributed by atoms with Gasteiger partial charge in [0.05, 0.1) is 17.7 Å². The number of hydrazone groups is 1. The number of anilines is 3. The lowest BCUT2D eigenvalue weighted by Crippen LogP contribution is -2.49. The molecule has 31 heavy (non-hydrogen) atoms. The molecule has 0 fully saturated rings. The van der Waals surface area contributed by atoms with Gasteiger partial charge in [-0.2, -0.15) is 10.2 Å². The summed E-state index contributed by atoms with van der Waals surface area (Å²) < 4.78 is 23.0. The van der Waals surface area contributed by atoms with Gasteiger partial charge in [0, 0.05) is 6.04 Å². The SMILES string of the molecule is CC(C)n1cnc2c(Oc3c(N)cc(N4N=C(C#N)C(=O)N[S+]4[O-])cc3N)ncnc21. The number of ether oxygens (including phenoxy) is 1. The van der Waals surface area contributed by atoms with Gasteiger partial charge in [-0.1, -0.05) is 4.41 Å². The molecule has 13 nitrogen and oxygen atoms in total. The van der Waals surface area contributed by atoms with E-state index in [9.17, 15) is 9.35 Å². The molecule has 14 heteroatoms. The number of nitriles is 1. The van der Waals surface area contributed by atoms with Crippen LogP contribution in [0.15, 0.2) is 29.9 Å². The Bertz CT molecular complexity index is 1240. The van der Waals surface area contributed by atoms with E-state index < -0.39 is 23.2 Å². The van der Waals surface area contributed by atoms with Crippen LogP contribution in [0, 0.1) is 11.3 Å². The smallest absolute Gasteiger partial charge is 0.325 e. The van der Waals surface area contributed by atoms with Crippen LogP contribution in [-0.4, -0.2) is 35.7 Å². The minimum atomic E-state index is -2.05. The van der Waals surface area contributed by atoms with Gasteiger partial charge in [-0.3, -0.25) is 4.79 Å². The number of nitrogen functional groups attached to an aromatic ring is 2. The van der Waals surface area contributed by atoms with Crippen molar-refractivity contribution in [1.82, 2.24) is 24.2 Å². The summed E-state index contributed by atoms with van der Waals surface area (Å²) in [4.78, 5) is 24.3. The Balaban J connectivity index is 1.71. The predicted molar refractivity (Wildman–Crippen MR) is 113 cm³/mol. The second-order valence-electron chi connectivity index (χ2n) is 6.67. The molecule has 1 aromatic carbocycles. The largest absolute Gasteiger partial charge is 0.567 e. The first-order chi connectivity index (χ1) is 14.8. The fourth-order valence-electron chi connectivity index (χ4n) is 2.84. The number of amides is 1. The third-order valence-electron chi connectivity index (χ3n) is 4.28. The monoisotopic (exact) mass is 440 g/mol. The highest BCUT2D eigenvalue weighted by Crippen LogP contribution is 2.39. The summed E-state index contributed by atoms with van der Waals surface area (Å²) in [6.45, 7) is 3.98. The molecular weight excluding hydrogens is 424 g/mol. The maximum absolute atomic E-state index is 12.2. The molecule has 0 saturated heterocycles. The standard InChI is InChI=1S/C17H16N10O3S/c1-8(2)26-7-23-13-15(26)21-6-22-17(13)30-14-10(19)3-9(4-11(14)20)27-24-12(5-18)16(28)25-31(27)29/h3-4,6-8H,19-20H2,1-2H3,(H,25,28). The van der Waals surface area contributed by atoms with E-state index in [1.807, 2.05) is 18.4 Å². The number of hydrogen-bond donors (Lipinski definition) is 3. The van der Waals surface area contributed by atoms with Crippen LogP contribution in [0.4, 0.5) is 17.1 Å². The Kier molecular flexibility index (Phi) is 4.97. The summed E-state index contributed by atoms with van der Waals surface area (Å²) in [5.41, 5.74) is 13.2. The molecule has 1 aliphatic rings. The van der Waals surface area contributed by atoms with Crippen LogP contribution in [0.25, 0.3) is 11.2 Å². The van der Waals surface area contributed by atoms with E-state index >= 15 is 0 Å². The van der Waals surface area contributed by atoms with Crippen molar-refractivity contribution in [2.45, 2.75) is 19.9 Å². The predicted octanol–water partition coefficient (Wildman–Crippen LogP) is 0.758. The van der Waals surface area contributed by atoms with Crippen molar-refractivity contribution in [3.8, 4) is 17.7 Å². The van der Waals surface area contributed by atoms with E-state index in [-0.39, 0.29) is 34.7 Å². The first-order valence-electron chi connectivity index (χ1n) is 8.86. The number of nitrogens with one attached hydrogen (secondary N) is 1. The zero-order valence-electron chi connectivity index (χ0n) is 16.3. The average molecular weight is 440 g/mol. The van der Waals surface area contributed by atoms with E-state index in [1.54, 1.807) is 12.4 Å². The fraction of sp³-hybridized carbons (Fsp3) is 0.176. The summed E-state index contributed by atoms with van der Waals surface area (Å²) >= 11 is -2.05. The second kappa shape index (κ2) is 7.63. The Hall–Kier alpha value is -4.09. The molecule has 4 rings (SSSR count). The summed E-state index contributed by atoms with van der Waals surface area (Å²) in [7, 11) is 0. The molecule has 0 aliphatic carbocycles. The lowest BCUT2D eigenvalue weighted by Gasteiger charge is -2.24. The molecule has 2 aromatic heterocycles. The molecule has 0 radical (unpaired) electrons. The fourth-order valence-corrected chi connectivity index (χ4v) is 3.63. The highest BCUT2D eigenvalue weighted by molar-refractivity contribution is 7.91. The summed E-state index contributed by atoms with van der Waals surface area (Å²) in [5.74, 6) is -0.570. The number of aromatic nitrogens is 4. The molecule has 5 N–H and O–H groups in total. The van der Waals surface area contributed by atoms with Gasteiger partial charge in [0.25, 0.3) is 5.88 Å². The zero-order valence-corrected chi connectivity index (χ0v) is 17.1. The quantitative estimate of drug-likeness (QED) is 0.384. The molecule has 3 aromatic rings. The molecule has 1 aliphatic heterocycles. The van der Waals surface area contributed by atoms with Gasteiger partial charge < -0.3 is 25.3 Å². The van der Waals surface area contributed by atoms with Gasteiger partial charge in [0.1, 0.15) is 18.1 Å². The molecule has 1 unspecified atom stereocenters. The first kappa shape index (κ1) is 20.2. The lowest BCUT2D eigenvalue weighted by molar-refractivity contribution is -0.113. The number of rotatable bonds is 4. The van der Waals surface area contributed by atoms with E-state index in [1.165, 1.54) is 18.5 Å². The number of carbonyl (C=O) groups excluding carboxylic acids is 1. The topological polar surface area (TPSA) is 196 Å². The van der Waals surface area contributed by atoms with Crippen LogP contribution in [0.5, 0.6) is 11.6 Å². The van der Waals surface area contributed by atoms with Crippen molar-refractivity contribution >= 4 is 51.4 Å². The maximum Gasteiger partial charge on any atom is 0.325 e. The van der Waals surface area contributed by atoms with Crippen LogP contribution in [-0.2, 0) is 16.3 Å². The maximum atomic E-state index is 12.2. The average Bonchev–Trinajstić information content (AvgIpc) is 3.16. The Morgan fingerprint density at radius 1 is 1.26 bits per heavy atom. The van der Waals surface area contributed by atoms with E-state index in [4.69, 9.17) is 21.5 Å². The molecule has 158 valence electrons. The van der Waals surface area contributed by atoms with Gasteiger partial charge in [-0.05, 0) is 26.0 Å². The molecule has 0 spiro atoms. The number of hydrogen-bond acceptors (Lipinski definition) is 11. The number of nitrogens with two attached hydrogens (primary N) is 2. The second-order valence-corrected chi connectivity index (χ2v) is 7.71. The summed E-state index contributed by atoms with van der Waals surface area (Å²) in [6.07, 6.45) is 2.98. The van der Waals surface area contributed by atoms with Crippen molar-refractivity contribution in [1.29, 1.82) is 5.26 Å². The van der Waals surface area contributed by atoms with E-state index in [2.05, 4.69) is 24.8 Å². The van der Waals surface area contributed by atoms with Crippen molar-refractivity contribution in [3.05, 3.63) is 24.8 Å². The molecular formula is C17H16N10O3S. The van der Waals surface area contributed by atoms with Crippen molar-refractivity contribution in [3.63, 3.8) is 0 Å². The first-order valence-corrected chi connectivity index (χ1v) is 9.97. The van der Waals surface area contributed by atoms with Gasteiger partial charge in [0.15, 0.2) is 16.9 Å². The molecule has 1 amide bonds. The highest BCUT2D eigenvalue weighted by Gasteiger charge is 2.34. The van der Waals surface area contributed by atoms with Crippen molar-refractivity contribution in [2.75, 3.05) is 15.9 Å². The molecule has 3 heterocycles. The van der Waals surface area contributed by atoms with Crippen LogP contribution < -0.4 is 25.3 Å². The summed E-state index contributed by atoms with van der Waals surface area (Å²) in [5, 5.41) is 12.8. The van der Waals surface area contributed by atoms with Gasteiger partial charge >= 0.3 is 5.91 Å².